The summed E-state index contributed by atoms with van der Waals surface area (Å²) < 4.78 is 0. The Bertz CT molecular complexity index is 596. The molecule has 0 N–H and O–H groups in total. The monoisotopic (exact) mass is 251 g/mol. The van der Waals surface area contributed by atoms with Crippen molar-refractivity contribution in [2.24, 2.45) is 4.99 Å². The molecule has 3 heteroatoms. The Morgan fingerprint density at radius 2 is 1.74 bits per heavy atom. The zero-order chi connectivity index (χ0) is 13.3. The van der Waals surface area contributed by atoms with E-state index in [2.05, 4.69) is 46.1 Å². The molecule has 1 aromatic heterocycles. The summed E-state index contributed by atoms with van der Waals surface area (Å²) in [5, 5.41) is 0. The van der Waals surface area contributed by atoms with Gasteiger partial charge in [0.05, 0.1) is 5.69 Å². The van der Waals surface area contributed by atoms with Crippen molar-refractivity contribution < 1.29 is 0 Å². The Morgan fingerprint density at radius 1 is 1.11 bits per heavy atom. The number of nitrogens with zero attached hydrogens (tertiary/aromatic N) is 3. The highest BCUT2D eigenvalue weighted by atomic mass is 14.8. The molecule has 1 saturated carbocycles. The molecule has 1 aliphatic rings. The van der Waals surface area contributed by atoms with Crippen LogP contribution in [-0.4, -0.2) is 15.7 Å². The molecule has 0 unspecified atom stereocenters. The van der Waals surface area contributed by atoms with E-state index < -0.39 is 0 Å². The average Bonchev–Trinajstić information content (AvgIpc) is 3.20. The summed E-state index contributed by atoms with van der Waals surface area (Å²) in [6.07, 6.45) is 7.70. The van der Waals surface area contributed by atoms with Gasteiger partial charge in [0.15, 0.2) is 0 Å². The fraction of sp³-hybridized carbons (Fsp3) is 0.312. The third-order valence-electron chi connectivity index (χ3n) is 3.84. The van der Waals surface area contributed by atoms with Crippen LogP contribution in [0, 0.1) is 0 Å². The van der Waals surface area contributed by atoms with Gasteiger partial charge in [-0.3, -0.25) is 4.99 Å². The molecule has 19 heavy (non-hydrogen) atoms. The van der Waals surface area contributed by atoms with Gasteiger partial charge >= 0.3 is 0 Å². The molecule has 0 spiro atoms. The molecular weight excluding hydrogens is 234 g/mol. The van der Waals surface area contributed by atoms with Crippen molar-refractivity contribution in [2.75, 3.05) is 0 Å². The fourth-order valence-corrected chi connectivity index (χ4v) is 2.16. The quantitative estimate of drug-likeness (QED) is 0.781. The second kappa shape index (κ2) is 4.57. The van der Waals surface area contributed by atoms with Crippen molar-refractivity contribution in [2.45, 2.75) is 32.1 Å². The van der Waals surface area contributed by atoms with Crippen molar-refractivity contribution >= 4 is 11.4 Å². The molecule has 3 nitrogen and oxygen atoms in total. The van der Waals surface area contributed by atoms with Gasteiger partial charge in [0, 0.05) is 23.7 Å². The minimum absolute atomic E-state index is 0.421. The minimum atomic E-state index is 0.421. The van der Waals surface area contributed by atoms with E-state index in [0.29, 0.717) is 5.41 Å². The second-order valence-electron chi connectivity index (χ2n) is 5.43. The topological polar surface area (TPSA) is 38.1 Å². The number of hydrogen-bond acceptors (Lipinski definition) is 3. The van der Waals surface area contributed by atoms with Crippen molar-refractivity contribution in [3.05, 3.63) is 54.1 Å². The van der Waals surface area contributed by atoms with Gasteiger partial charge in [0.2, 0.25) is 0 Å². The minimum Gasteiger partial charge on any atom is -0.253 e. The predicted molar refractivity (Wildman–Crippen MR) is 76.9 cm³/mol. The lowest BCUT2D eigenvalue weighted by Gasteiger charge is -2.08. The number of aliphatic imine (C=N–C) groups is 1. The van der Waals surface area contributed by atoms with Crippen molar-refractivity contribution in [3.8, 4) is 0 Å². The summed E-state index contributed by atoms with van der Waals surface area (Å²) in [5.74, 6) is 0. The van der Waals surface area contributed by atoms with Crippen LogP contribution in [0.15, 0.2) is 48.0 Å². The fourth-order valence-electron chi connectivity index (χ4n) is 2.16. The van der Waals surface area contributed by atoms with E-state index in [9.17, 15) is 0 Å². The number of aromatic nitrogens is 2. The molecule has 1 aromatic carbocycles. The van der Waals surface area contributed by atoms with Gasteiger partial charge in [-0.25, -0.2) is 9.97 Å². The Labute approximate surface area is 113 Å². The van der Waals surface area contributed by atoms with E-state index >= 15 is 0 Å². The first-order valence-corrected chi connectivity index (χ1v) is 6.59. The maximum absolute atomic E-state index is 4.61. The molecular formula is C16H17N3. The third kappa shape index (κ3) is 2.55. The number of hydrogen-bond donors (Lipinski definition) is 0. The van der Waals surface area contributed by atoms with Crippen LogP contribution in [0.4, 0.5) is 5.69 Å². The van der Waals surface area contributed by atoms with Crippen LogP contribution in [0.25, 0.3) is 0 Å². The molecule has 2 aromatic rings. The zero-order valence-corrected chi connectivity index (χ0v) is 11.3. The summed E-state index contributed by atoms with van der Waals surface area (Å²) in [6, 6.07) is 8.57. The van der Waals surface area contributed by atoms with Crippen molar-refractivity contribution in [3.63, 3.8) is 0 Å². The standard InChI is InChI=1S/C16H17N3/c1-12(13-9-17-11-18-10-13)19-15-5-3-14(4-6-15)16(2)7-8-16/h3-6,9-11H,7-8H2,1-2H3. The van der Waals surface area contributed by atoms with Gasteiger partial charge in [-0.15, -0.1) is 0 Å². The van der Waals surface area contributed by atoms with Crippen molar-refractivity contribution in [1.82, 2.24) is 9.97 Å². The largest absolute Gasteiger partial charge is 0.253 e. The predicted octanol–water partition coefficient (Wildman–Crippen LogP) is 3.67. The summed E-state index contributed by atoms with van der Waals surface area (Å²) in [4.78, 5) is 12.6. The molecule has 3 rings (SSSR count). The third-order valence-corrected chi connectivity index (χ3v) is 3.84. The summed E-state index contributed by atoms with van der Waals surface area (Å²) in [5.41, 5.74) is 4.72. The van der Waals surface area contributed by atoms with Crippen LogP contribution >= 0.6 is 0 Å². The first kappa shape index (κ1) is 12.0. The van der Waals surface area contributed by atoms with E-state index in [1.54, 1.807) is 12.4 Å². The molecule has 1 heterocycles. The van der Waals surface area contributed by atoms with Gasteiger partial charge in [0.25, 0.3) is 0 Å². The van der Waals surface area contributed by atoms with E-state index in [4.69, 9.17) is 0 Å². The lowest BCUT2D eigenvalue weighted by Crippen LogP contribution is -1.98. The lowest BCUT2D eigenvalue weighted by molar-refractivity contribution is 0.788. The normalized spacial score (nSPS) is 17.3. The maximum atomic E-state index is 4.61. The second-order valence-corrected chi connectivity index (χ2v) is 5.43. The number of rotatable bonds is 3. The number of benzene rings is 1. The average molecular weight is 251 g/mol. The molecule has 0 bridgehead atoms. The molecule has 1 fully saturated rings. The van der Waals surface area contributed by atoms with Gasteiger partial charge in [-0.2, -0.15) is 0 Å². The highest BCUT2D eigenvalue weighted by molar-refractivity contribution is 5.99. The van der Waals surface area contributed by atoms with Gasteiger partial charge in [-0.1, -0.05) is 19.1 Å². The van der Waals surface area contributed by atoms with Gasteiger partial charge in [0.1, 0.15) is 6.33 Å². The van der Waals surface area contributed by atoms with Crippen LogP contribution in [0.5, 0.6) is 0 Å². The smallest absolute Gasteiger partial charge is 0.115 e. The molecule has 0 amide bonds. The lowest BCUT2D eigenvalue weighted by atomic mass is 9.98. The molecule has 0 atom stereocenters. The Balaban J connectivity index is 1.83. The van der Waals surface area contributed by atoms with E-state index in [-0.39, 0.29) is 0 Å². The molecule has 0 aliphatic heterocycles. The molecule has 0 radical (unpaired) electrons. The maximum Gasteiger partial charge on any atom is 0.115 e. The first-order chi connectivity index (χ1) is 9.17. The Kier molecular flexibility index (Phi) is 2.90. The Morgan fingerprint density at radius 3 is 2.32 bits per heavy atom. The summed E-state index contributed by atoms with van der Waals surface area (Å²) in [6.45, 7) is 4.30. The first-order valence-electron chi connectivity index (χ1n) is 6.59. The van der Waals surface area contributed by atoms with E-state index in [1.807, 2.05) is 6.92 Å². The van der Waals surface area contributed by atoms with Crippen LogP contribution in [0.1, 0.15) is 37.8 Å². The van der Waals surface area contributed by atoms with Crippen LogP contribution in [0.3, 0.4) is 0 Å². The highest BCUT2D eigenvalue weighted by Gasteiger charge is 2.38. The molecule has 96 valence electrons. The SMILES string of the molecule is CC(=Nc1ccc(C2(C)CC2)cc1)c1cncnc1. The van der Waals surface area contributed by atoms with Crippen LogP contribution in [-0.2, 0) is 5.41 Å². The van der Waals surface area contributed by atoms with Gasteiger partial charge < -0.3 is 0 Å². The Hall–Kier alpha value is -2.03. The van der Waals surface area contributed by atoms with Crippen LogP contribution < -0.4 is 0 Å². The molecule has 1 aliphatic carbocycles. The zero-order valence-electron chi connectivity index (χ0n) is 11.3. The highest BCUT2D eigenvalue weighted by Crippen LogP contribution is 2.47. The summed E-state index contributed by atoms with van der Waals surface area (Å²) >= 11 is 0. The van der Waals surface area contributed by atoms with Crippen molar-refractivity contribution in [1.29, 1.82) is 0 Å². The van der Waals surface area contributed by atoms with Crippen LogP contribution in [0.2, 0.25) is 0 Å². The van der Waals surface area contributed by atoms with Gasteiger partial charge in [-0.05, 0) is 42.9 Å². The van der Waals surface area contributed by atoms with E-state index in [1.165, 1.54) is 24.7 Å². The summed E-state index contributed by atoms with van der Waals surface area (Å²) in [7, 11) is 0. The van der Waals surface area contributed by atoms with E-state index in [0.717, 1.165) is 17.0 Å². The molecule has 0 saturated heterocycles.